The molecule has 0 aliphatic rings. The monoisotopic (exact) mass is 227 g/mol. The number of hydrogen-bond acceptors (Lipinski definition) is 3. The van der Waals surface area contributed by atoms with Crippen molar-refractivity contribution in [3.63, 3.8) is 0 Å². The molecular weight excluding hydrogens is 209 g/mol. The van der Waals surface area contributed by atoms with Crippen molar-refractivity contribution in [2.24, 2.45) is 5.73 Å². The molecule has 0 aliphatic carbocycles. The van der Waals surface area contributed by atoms with E-state index in [1.54, 1.807) is 13.2 Å². The second-order valence-electron chi connectivity index (χ2n) is 4.44. The molecule has 0 bridgehead atoms. The highest BCUT2D eigenvalue weighted by Gasteiger charge is 2.11. The molecule has 2 N–H and O–H groups in total. The Hall–Kier alpha value is -1.13. The van der Waals surface area contributed by atoms with Crippen LogP contribution in [0.5, 0.6) is 5.75 Å². The number of nitrogens with two attached hydrogens (primary N) is 1. The second kappa shape index (κ2) is 5.27. The molecule has 0 aliphatic heterocycles. The predicted molar refractivity (Wildman–Crippen MR) is 60.9 cm³/mol. The van der Waals surface area contributed by atoms with Gasteiger partial charge in [0, 0.05) is 11.1 Å². The zero-order valence-electron chi connectivity index (χ0n) is 9.92. The van der Waals surface area contributed by atoms with E-state index in [0.717, 1.165) is 0 Å². The predicted octanol–water partition coefficient (Wildman–Crippen LogP) is 2.09. The number of rotatable bonds is 5. The van der Waals surface area contributed by atoms with Gasteiger partial charge in [-0.25, -0.2) is 4.39 Å². The standard InChI is InChI=1S/C12H18FNO2/c1-12(2,14)8-16-7-9-6-10(13)4-5-11(9)15-3/h4-6H,7-8,14H2,1-3H3. The van der Waals surface area contributed by atoms with Crippen molar-refractivity contribution in [2.75, 3.05) is 13.7 Å². The molecule has 0 unspecified atom stereocenters. The lowest BCUT2D eigenvalue weighted by Crippen LogP contribution is -2.37. The smallest absolute Gasteiger partial charge is 0.124 e. The van der Waals surface area contributed by atoms with Crippen molar-refractivity contribution in [1.82, 2.24) is 0 Å². The normalized spacial score (nSPS) is 11.6. The van der Waals surface area contributed by atoms with Gasteiger partial charge in [-0.05, 0) is 32.0 Å². The van der Waals surface area contributed by atoms with Crippen LogP contribution in [0.15, 0.2) is 18.2 Å². The summed E-state index contributed by atoms with van der Waals surface area (Å²) in [6.45, 7) is 4.44. The molecule has 0 saturated heterocycles. The van der Waals surface area contributed by atoms with Crippen LogP contribution in [-0.2, 0) is 11.3 Å². The Morgan fingerprint density at radius 3 is 2.62 bits per heavy atom. The Labute approximate surface area is 95.4 Å². The van der Waals surface area contributed by atoms with Crippen molar-refractivity contribution in [1.29, 1.82) is 0 Å². The molecule has 0 fully saturated rings. The molecule has 0 radical (unpaired) electrons. The van der Waals surface area contributed by atoms with Crippen LogP contribution in [0.1, 0.15) is 19.4 Å². The average Bonchev–Trinajstić information content (AvgIpc) is 2.16. The number of ether oxygens (including phenoxy) is 2. The maximum atomic E-state index is 13.0. The van der Waals surface area contributed by atoms with Crippen LogP contribution >= 0.6 is 0 Å². The van der Waals surface area contributed by atoms with Crippen LogP contribution in [0.2, 0.25) is 0 Å². The highest BCUT2D eigenvalue weighted by Crippen LogP contribution is 2.20. The van der Waals surface area contributed by atoms with Crippen LogP contribution in [0, 0.1) is 5.82 Å². The van der Waals surface area contributed by atoms with Gasteiger partial charge in [0.1, 0.15) is 11.6 Å². The van der Waals surface area contributed by atoms with Crippen molar-refractivity contribution in [2.45, 2.75) is 26.0 Å². The van der Waals surface area contributed by atoms with Crippen LogP contribution in [0.25, 0.3) is 0 Å². The fourth-order valence-electron chi connectivity index (χ4n) is 1.28. The quantitative estimate of drug-likeness (QED) is 0.837. The van der Waals surface area contributed by atoms with Crippen LogP contribution in [0.3, 0.4) is 0 Å². The highest BCUT2D eigenvalue weighted by molar-refractivity contribution is 5.33. The third-order valence-electron chi connectivity index (χ3n) is 1.97. The molecule has 3 nitrogen and oxygen atoms in total. The molecule has 0 amide bonds. The second-order valence-corrected chi connectivity index (χ2v) is 4.44. The van der Waals surface area contributed by atoms with Gasteiger partial charge in [-0.3, -0.25) is 0 Å². The Kier molecular flexibility index (Phi) is 4.26. The minimum atomic E-state index is -0.388. The van der Waals surface area contributed by atoms with Gasteiger partial charge < -0.3 is 15.2 Å². The lowest BCUT2D eigenvalue weighted by atomic mass is 10.1. The lowest BCUT2D eigenvalue weighted by molar-refractivity contribution is 0.0835. The van der Waals surface area contributed by atoms with E-state index in [-0.39, 0.29) is 11.4 Å². The molecule has 0 heterocycles. The topological polar surface area (TPSA) is 44.5 Å². The van der Waals surface area contributed by atoms with E-state index in [9.17, 15) is 4.39 Å². The molecule has 16 heavy (non-hydrogen) atoms. The summed E-state index contributed by atoms with van der Waals surface area (Å²) in [4.78, 5) is 0. The van der Waals surface area contributed by atoms with Gasteiger partial charge in [-0.2, -0.15) is 0 Å². The first-order valence-electron chi connectivity index (χ1n) is 5.11. The third-order valence-corrected chi connectivity index (χ3v) is 1.97. The van der Waals surface area contributed by atoms with Crippen LogP contribution < -0.4 is 10.5 Å². The molecule has 90 valence electrons. The minimum absolute atomic E-state index is 0.293. The summed E-state index contributed by atoms with van der Waals surface area (Å²) in [5, 5.41) is 0. The van der Waals surface area contributed by atoms with Gasteiger partial charge in [-0.1, -0.05) is 0 Å². The van der Waals surface area contributed by atoms with Crippen LogP contribution in [0.4, 0.5) is 4.39 Å². The van der Waals surface area contributed by atoms with Gasteiger partial charge in [0.2, 0.25) is 0 Å². The van der Waals surface area contributed by atoms with Gasteiger partial charge >= 0.3 is 0 Å². The highest BCUT2D eigenvalue weighted by atomic mass is 19.1. The number of halogens is 1. The summed E-state index contributed by atoms with van der Waals surface area (Å²) < 4.78 is 23.5. The Morgan fingerprint density at radius 1 is 1.38 bits per heavy atom. The first-order valence-corrected chi connectivity index (χ1v) is 5.11. The fourth-order valence-corrected chi connectivity index (χ4v) is 1.28. The number of methoxy groups -OCH3 is 1. The Bertz CT molecular complexity index is 347. The van der Waals surface area contributed by atoms with Crippen molar-refractivity contribution < 1.29 is 13.9 Å². The Morgan fingerprint density at radius 2 is 2.06 bits per heavy atom. The zero-order chi connectivity index (χ0) is 12.2. The molecule has 0 saturated carbocycles. The molecule has 1 aromatic rings. The molecule has 1 aromatic carbocycles. The number of hydrogen-bond donors (Lipinski definition) is 1. The van der Waals surface area contributed by atoms with Crippen molar-refractivity contribution >= 4 is 0 Å². The van der Waals surface area contributed by atoms with Gasteiger partial charge in [-0.15, -0.1) is 0 Å². The first kappa shape index (κ1) is 12.9. The summed E-state index contributed by atoms with van der Waals surface area (Å²) in [6, 6.07) is 4.35. The van der Waals surface area contributed by atoms with E-state index in [4.69, 9.17) is 15.2 Å². The van der Waals surface area contributed by atoms with E-state index < -0.39 is 0 Å². The number of benzene rings is 1. The van der Waals surface area contributed by atoms with Crippen LogP contribution in [-0.4, -0.2) is 19.3 Å². The van der Waals surface area contributed by atoms with E-state index in [0.29, 0.717) is 24.5 Å². The van der Waals surface area contributed by atoms with Gasteiger partial charge in [0.05, 0.1) is 20.3 Å². The minimum Gasteiger partial charge on any atom is -0.496 e. The summed E-state index contributed by atoms with van der Waals surface area (Å²) >= 11 is 0. The summed E-state index contributed by atoms with van der Waals surface area (Å²) in [7, 11) is 1.55. The zero-order valence-corrected chi connectivity index (χ0v) is 9.92. The van der Waals surface area contributed by atoms with Gasteiger partial charge in [0.15, 0.2) is 0 Å². The molecule has 1 rings (SSSR count). The third kappa shape index (κ3) is 4.16. The van der Waals surface area contributed by atoms with Crippen molar-refractivity contribution in [3.05, 3.63) is 29.6 Å². The van der Waals surface area contributed by atoms with Gasteiger partial charge in [0.25, 0.3) is 0 Å². The SMILES string of the molecule is COc1ccc(F)cc1COCC(C)(C)N. The first-order chi connectivity index (χ1) is 7.42. The van der Waals surface area contributed by atoms with Crippen molar-refractivity contribution in [3.8, 4) is 5.75 Å². The lowest BCUT2D eigenvalue weighted by Gasteiger charge is -2.18. The molecule has 0 atom stereocenters. The van der Waals surface area contributed by atoms with E-state index in [1.165, 1.54) is 12.1 Å². The maximum Gasteiger partial charge on any atom is 0.124 e. The maximum absolute atomic E-state index is 13.0. The fraction of sp³-hybridized carbons (Fsp3) is 0.500. The largest absolute Gasteiger partial charge is 0.496 e. The summed E-state index contributed by atoms with van der Waals surface area (Å²) in [5.74, 6) is 0.322. The average molecular weight is 227 g/mol. The van der Waals surface area contributed by atoms with E-state index >= 15 is 0 Å². The van der Waals surface area contributed by atoms with E-state index in [1.807, 2.05) is 13.8 Å². The molecule has 4 heteroatoms. The summed E-state index contributed by atoms with van der Waals surface area (Å²) in [6.07, 6.45) is 0. The molecule has 0 aromatic heterocycles. The van der Waals surface area contributed by atoms with E-state index in [2.05, 4.69) is 0 Å². The molecular formula is C12H18FNO2. The molecule has 0 spiro atoms. The summed E-state index contributed by atoms with van der Waals surface area (Å²) in [5.41, 5.74) is 6.07. The Balaban J connectivity index is 2.62.